The third kappa shape index (κ3) is 4.94. The molecule has 2 unspecified atom stereocenters. The molecule has 2 aromatic heterocycles. The van der Waals surface area contributed by atoms with Crippen LogP contribution in [0.3, 0.4) is 0 Å². The molecule has 4 nitrogen and oxygen atoms in total. The lowest BCUT2D eigenvalue weighted by atomic mass is 10.0. The Hall–Kier alpha value is -5.56. The number of para-hydroxylation sites is 1. The molecule has 0 radical (unpaired) electrons. The van der Waals surface area contributed by atoms with Gasteiger partial charge >= 0.3 is 0 Å². The predicted molar refractivity (Wildman–Crippen MR) is 210 cm³/mol. The molecule has 0 saturated carbocycles. The first-order valence-corrected chi connectivity index (χ1v) is 18.0. The third-order valence-corrected chi connectivity index (χ3v) is 11.4. The molecular weight excluding hydrogens is 629 g/mol. The summed E-state index contributed by atoms with van der Waals surface area (Å²) in [5, 5.41) is 16.6. The van der Waals surface area contributed by atoms with Crippen molar-refractivity contribution < 1.29 is 0 Å². The van der Waals surface area contributed by atoms with E-state index in [1.807, 2.05) is 11.3 Å². The van der Waals surface area contributed by atoms with E-state index in [9.17, 15) is 0 Å². The second-order valence-corrected chi connectivity index (χ2v) is 14.1. The van der Waals surface area contributed by atoms with Gasteiger partial charge in [-0.1, -0.05) is 140 Å². The van der Waals surface area contributed by atoms with Gasteiger partial charge in [0.2, 0.25) is 0 Å². The molecule has 1 aliphatic rings. The van der Waals surface area contributed by atoms with E-state index in [-0.39, 0.29) is 18.5 Å². The zero-order valence-electron chi connectivity index (χ0n) is 27.3. The number of benzene rings is 7. The number of rotatable bonds is 5. The maximum absolute atomic E-state index is 3.82. The number of fused-ring (bicyclic) bond motifs is 6. The minimum atomic E-state index is -0.0488. The van der Waals surface area contributed by atoms with Crippen molar-refractivity contribution in [3.05, 3.63) is 187 Å². The summed E-state index contributed by atoms with van der Waals surface area (Å²) in [6, 6.07) is 61.5. The highest BCUT2D eigenvalue weighted by Crippen LogP contribution is 2.42. The van der Waals surface area contributed by atoms with E-state index in [4.69, 9.17) is 0 Å². The van der Waals surface area contributed by atoms with Gasteiger partial charge in [0.1, 0.15) is 0 Å². The Balaban J connectivity index is 1.06. The molecule has 9 aromatic rings. The van der Waals surface area contributed by atoms with Gasteiger partial charge in [-0.15, -0.1) is 11.3 Å². The highest BCUT2D eigenvalue weighted by Gasteiger charge is 2.29. The lowest BCUT2D eigenvalue weighted by Crippen LogP contribution is -2.54. The van der Waals surface area contributed by atoms with E-state index < -0.39 is 0 Å². The standard InChI is InChI=1S/C45H34N4S/c1-3-12-29(13-4-1)43-46-44(30-14-5-2-6-15-30)48-45(47-43)31-22-25-33(26-23-31)49-39-20-9-7-16-35(39)36-27-24-32(28-40(36)49)34-18-11-19-38-37-17-8-10-21-41(37)50-42(34)38/h1-28,43-48H. The van der Waals surface area contributed by atoms with E-state index in [1.54, 1.807) is 0 Å². The minimum absolute atomic E-state index is 0.00604. The van der Waals surface area contributed by atoms with Gasteiger partial charge in [0.15, 0.2) is 0 Å². The summed E-state index contributed by atoms with van der Waals surface area (Å²) in [5.41, 5.74) is 9.69. The summed E-state index contributed by atoms with van der Waals surface area (Å²) in [5.74, 6) is 0. The van der Waals surface area contributed by atoms with Crippen molar-refractivity contribution in [3.63, 3.8) is 0 Å². The van der Waals surface area contributed by atoms with Crippen LogP contribution in [0.2, 0.25) is 0 Å². The maximum Gasteiger partial charge on any atom is 0.0864 e. The summed E-state index contributed by atoms with van der Waals surface area (Å²) in [7, 11) is 0. The van der Waals surface area contributed by atoms with Crippen LogP contribution < -0.4 is 16.0 Å². The topological polar surface area (TPSA) is 41.0 Å². The van der Waals surface area contributed by atoms with Crippen LogP contribution in [-0.4, -0.2) is 4.57 Å². The lowest BCUT2D eigenvalue weighted by molar-refractivity contribution is 0.203. The van der Waals surface area contributed by atoms with Crippen LogP contribution in [0.15, 0.2) is 170 Å². The molecule has 0 spiro atoms. The first-order chi connectivity index (χ1) is 24.8. The molecule has 0 bridgehead atoms. The normalized spacial score (nSPS) is 18.0. The van der Waals surface area contributed by atoms with Crippen molar-refractivity contribution >= 4 is 53.3 Å². The van der Waals surface area contributed by atoms with Gasteiger partial charge in [-0.05, 0) is 58.1 Å². The van der Waals surface area contributed by atoms with E-state index in [0.29, 0.717) is 0 Å². The van der Waals surface area contributed by atoms with Gasteiger partial charge in [0, 0.05) is 36.6 Å². The summed E-state index contributed by atoms with van der Waals surface area (Å²) < 4.78 is 5.09. The van der Waals surface area contributed by atoms with Crippen LogP contribution >= 0.6 is 11.3 Å². The molecule has 0 amide bonds. The molecule has 3 heterocycles. The van der Waals surface area contributed by atoms with Crippen LogP contribution in [0, 0.1) is 0 Å². The predicted octanol–water partition coefficient (Wildman–Crippen LogP) is 11.0. The second kappa shape index (κ2) is 12.1. The van der Waals surface area contributed by atoms with Crippen molar-refractivity contribution in [2.45, 2.75) is 18.5 Å². The van der Waals surface area contributed by atoms with E-state index in [0.717, 1.165) is 5.69 Å². The van der Waals surface area contributed by atoms with E-state index in [1.165, 1.54) is 69.8 Å². The molecule has 2 atom stereocenters. The first-order valence-electron chi connectivity index (χ1n) is 17.2. The average molecular weight is 663 g/mol. The molecule has 10 rings (SSSR count). The fraction of sp³-hybridized carbons (Fsp3) is 0.0667. The zero-order valence-corrected chi connectivity index (χ0v) is 28.1. The molecule has 0 aliphatic carbocycles. The second-order valence-electron chi connectivity index (χ2n) is 13.1. The zero-order chi connectivity index (χ0) is 33.0. The first kappa shape index (κ1) is 29.4. The average Bonchev–Trinajstić information content (AvgIpc) is 3.74. The molecule has 1 fully saturated rings. The monoisotopic (exact) mass is 662 g/mol. The molecule has 5 heteroatoms. The summed E-state index contributed by atoms with van der Waals surface area (Å²) in [4.78, 5) is 0. The molecular formula is C45H34N4S. The fourth-order valence-electron chi connectivity index (χ4n) is 7.72. The fourth-order valence-corrected chi connectivity index (χ4v) is 8.96. The van der Waals surface area contributed by atoms with Gasteiger partial charge in [0.05, 0.1) is 29.5 Å². The minimum Gasteiger partial charge on any atom is -0.309 e. The smallest absolute Gasteiger partial charge is 0.0864 e. The molecule has 1 aliphatic heterocycles. The maximum atomic E-state index is 3.82. The Bertz CT molecular complexity index is 2590. The van der Waals surface area contributed by atoms with Crippen molar-refractivity contribution in [1.82, 2.24) is 20.5 Å². The van der Waals surface area contributed by atoms with Gasteiger partial charge in [-0.3, -0.25) is 16.0 Å². The van der Waals surface area contributed by atoms with Crippen LogP contribution in [0.25, 0.3) is 58.8 Å². The Morgan fingerprint density at radius 2 is 0.980 bits per heavy atom. The molecule has 7 aromatic carbocycles. The number of hydrogen-bond acceptors (Lipinski definition) is 4. The summed E-state index contributed by atoms with van der Waals surface area (Å²) >= 11 is 1.88. The molecule has 1 saturated heterocycles. The number of thiophene rings is 1. The number of nitrogens with one attached hydrogen (secondary N) is 3. The SMILES string of the molecule is c1ccc(C2NC(c3ccccc3)NC(c3ccc(-n4c5ccccc5c5ccc(-c6cccc7c6sc6ccccc67)cc54)cc3)N2)cc1. The number of aromatic nitrogens is 1. The van der Waals surface area contributed by atoms with Gasteiger partial charge in [-0.2, -0.15) is 0 Å². The summed E-state index contributed by atoms with van der Waals surface area (Å²) in [6.45, 7) is 0. The number of nitrogens with zero attached hydrogens (tertiary/aromatic N) is 1. The van der Waals surface area contributed by atoms with Crippen LogP contribution in [-0.2, 0) is 0 Å². The Morgan fingerprint density at radius 1 is 0.420 bits per heavy atom. The van der Waals surface area contributed by atoms with Crippen molar-refractivity contribution in [2.24, 2.45) is 0 Å². The summed E-state index contributed by atoms with van der Waals surface area (Å²) in [6.07, 6.45) is -0.0609. The van der Waals surface area contributed by atoms with Crippen molar-refractivity contribution in [2.75, 3.05) is 0 Å². The number of hydrogen-bond donors (Lipinski definition) is 3. The van der Waals surface area contributed by atoms with Crippen molar-refractivity contribution in [1.29, 1.82) is 0 Å². The molecule has 50 heavy (non-hydrogen) atoms. The van der Waals surface area contributed by atoms with Gasteiger partial charge in [-0.25, -0.2) is 0 Å². The van der Waals surface area contributed by atoms with Gasteiger partial charge in [0.25, 0.3) is 0 Å². The quantitative estimate of drug-likeness (QED) is 0.172. The van der Waals surface area contributed by atoms with Gasteiger partial charge < -0.3 is 4.57 Å². The van der Waals surface area contributed by atoms with E-state index in [2.05, 4.69) is 190 Å². The lowest BCUT2D eigenvalue weighted by Gasteiger charge is -2.39. The largest absolute Gasteiger partial charge is 0.309 e. The van der Waals surface area contributed by atoms with Crippen LogP contribution in [0.4, 0.5) is 0 Å². The molecule has 240 valence electrons. The Kier molecular flexibility index (Phi) is 7.10. The molecule has 3 N–H and O–H groups in total. The third-order valence-electron chi connectivity index (χ3n) is 10.1. The van der Waals surface area contributed by atoms with Crippen LogP contribution in [0.5, 0.6) is 0 Å². The Morgan fingerprint density at radius 3 is 1.68 bits per heavy atom. The highest BCUT2D eigenvalue weighted by atomic mass is 32.1. The highest BCUT2D eigenvalue weighted by molar-refractivity contribution is 7.26. The van der Waals surface area contributed by atoms with Crippen LogP contribution in [0.1, 0.15) is 35.2 Å². The van der Waals surface area contributed by atoms with E-state index >= 15 is 0 Å². The Labute approximate surface area is 294 Å². The van der Waals surface area contributed by atoms with Crippen molar-refractivity contribution in [3.8, 4) is 16.8 Å².